The molecule has 2 aromatic carbocycles. The Labute approximate surface area is 187 Å². The van der Waals surface area contributed by atoms with E-state index in [1.807, 2.05) is 40.6 Å². The highest BCUT2D eigenvalue weighted by atomic mass is 16.2. The van der Waals surface area contributed by atoms with E-state index in [-0.39, 0.29) is 11.3 Å². The molecule has 5 nitrogen and oxygen atoms in total. The van der Waals surface area contributed by atoms with Crippen molar-refractivity contribution in [2.24, 2.45) is 0 Å². The standard InChI is InChI=1S/C27H26N4O/c1-20-25(30-16-8-7-13-24(30)28-20)26(32)29-17-14-27(15-18-29)19-31(21-9-3-2-4-10-21)23-12-6-5-11-22(23)27/h2-13,16H,14-15,17-19H2,1H3. The van der Waals surface area contributed by atoms with E-state index < -0.39 is 0 Å². The Kier molecular flexibility index (Phi) is 4.32. The zero-order valence-electron chi connectivity index (χ0n) is 18.2. The summed E-state index contributed by atoms with van der Waals surface area (Å²) in [5, 5.41) is 0. The van der Waals surface area contributed by atoms with E-state index in [0.29, 0.717) is 5.69 Å². The summed E-state index contributed by atoms with van der Waals surface area (Å²) < 4.78 is 1.92. The third kappa shape index (κ3) is 2.84. The van der Waals surface area contributed by atoms with Gasteiger partial charge in [0.1, 0.15) is 11.3 Å². The quantitative estimate of drug-likeness (QED) is 0.458. The van der Waals surface area contributed by atoms with Gasteiger partial charge in [-0.15, -0.1) is 0 Å². The van der Waals surface area contributed by atoms with Gasteiger partial charge in [0.25, 0.3) is 5.91 Å². The molecule has 160 valence electrons. The summed E-state index contributed by atoms with van der Waals surface area (Å²) in [6.45, 7) is 4.41. The van der Waals surface area contributed by atoms with Gasteiger partial charge < -0.3 is 9.80 Å². The number of likely N-dealkylation sites (tertiary alicyclic amines) is 1. The molecule has 2 aromatic heterocycles. The molecule has 6 rings (SSSR count). The second kappa shape index (κ2) is 7.23. The zero-order chi connectivity index (χ0) is 21.7. The Morgan fingerprint density at radius 2 is 1.62 bits per heavy atom. The van der Waals surface area contributed by atoms with Crippen LogP contribution in [0.15, 0.2) is 79.0 Å². The van der Waals surface area contributed by atoms with E-state index in [1.54, 1.807) is 0 Å². The molecular weight excluding hydrogens is 396 g/mol. The number of anilines is 2. The predicted octanol–water partition coefficient (Wildman–Crippen LogP) is 4.97. The van der Waals surface area contributed by atoms with Crippen molar-refractivity contribution in [3.8, 4) is 0 Å². The molecule has 0 N–H and O–H groups in total. The number of pyridine rings is 1. The predicted molar refractivity (Wildman–Crippen MR) is 127 cm³/mol. The summed E-state index contributed by atoms with van der Waals surface area (Å²) in [5.74, 6) is 0.0854. The minimum atomic E-state index is 0.0811. The van der Waals surface area contributed by atoms with Gasteiger partial charge >= 0.3 is 0 Å². The first-order chi connectivity index (χ1) is 15.7. The molecule has 0 unspecified atom stereocenters. The molecule has 1 saturated heterocycles. The minimum Gasteiger partial charge on any atom is -0.340 e. The maximum absolute atomic E-state index is 13.5. The Balaban J connectivity index is 1.28. The maximum Gasteiger partial charge on any atom is 0.272 e. The van der Waals surface area contributed by atoms with Gasteiger partial charge in [0.2, 0.25) is 0 Å². The lowest BCUT2D eigenvalue weighted by molar-refractivity contribution is 0.0667. The Morgan fingerprint density at radius 1 is 0.906 bits per heavy atom. The van der Waals surface area contributed by atoms with Crippen LogP contribution in [0.5, 0.6) is 0 Å². The van der Waals surface area contributed by atoms with Crippen molar-refractivity contribution in [3.05, 3.63) is 95.9 Å². The summed E-state index contributed by atoms with van der Waals surface area (Å²) in [6.07, 6.45) is 3.86. The number of aromatic nitrogens is 2. The molecule has 1 spiro atoms. The monoisotopic (exact) mass is 422 g/mol. The van der Waals surface area contributed by atoms with Crippen molar-refractivity contribution in [1.29, 1.82) is 0 Å². The molecule has 0 bridgehead atoms. The summed E-state index contributed by atoms with van der Waals surface area (Å²) in [5.41, 5.74) is 6.34. The van der Waals surface area contributed by atoms with E-state index in [1.165, 1.54) is 16.9 Å². The largest absolute Gasteiger partial charge is 0.340 e. The first kappa shape index (κ1) is 19.1. The fourth-order valence-electron chi connectivity index (χ4n) is 5.56. The molecule has 2 aliphatic rings. The van der Waals surface area contributed by atoms with Crippen molar-refractivity contribution in [3.63, 3.8) is 0 Å². The summed E-state index contributed by atoms with van der Waals surface area (Å²) in [4.78, 5) is 22.5. The number of nitrogens with zero attached hydrogens (tertiary/aromatic N) is 4. The van der Waals surface area contributed by atoms with Crippen LogP contribution in [-0.4, -0.2) is 39.8 Å². The van der Waals surface area contributed by atoms with Crippen molar-refractivity contribution < 1.29 is 4.79 Å². The summed E-state index contributed by atoms with van der Waals surface area (Å²) >= 11 is 0. The number of aryl methyl sites for hydroxylation is 1. The Morgan fingerprint density at radius 3 is 2.44 bits per heavy atom. The molecule has 0 saturated carbocycles. The third-order valence-corrected chi connectivity index (χ3v) is 7.21. The number of amides is 1. The lowest BCUT2D eigenvalue weighted by Crippen LogP contribution is -2.47. The van der Waals surface area contributed by atoms with Crippen molar-refractivity contribution in [2.45, 2.75) is 25.2 Å². The summed E-state index contributed by atoms with van der Waals surface area (Å²) in [7, 11) is 0. The normalized spacial score (nSPS) is 17.2. The molecule has 0 radical (unpaired) electrons. The van der Waals surface area contributed by atoms with Crippen molar-refractivity contribution in [1.82, 2.24) is 14.3 Å². The molecule has 0 atom stereocenters. The number of hydrogen-bond acceptors (Lipinski definition) is 3. The average Bonchev–Trinajstić information content (AvgIpc) is 3.34. The van der Waals surface area contributed by atoms with Gasteiger partial charge in [0, 0.05) is 42.6 Å². The van der Waals surface area contributed by atoms with E-state index in [0.717, 1.165) is 43.8 Å². The number of rotatable bonds is 2. The molecule has 1 amide bonds. The molecule has 0 aliphatic carbocycles. The average molecular weight is 423 g/mol. The van der Waals surface area contributed by atoms with Crippen LogP contribution in [0.3, 0.4) is 0 Å². The number of carbonyl (C=O) groups excluding carboxylic acids is 1. The first-order valence-electron chi connectivity index (χ1n) is 11.3. The van der Waals surface area contributed by atoms with Crippen LogP contribution in [-0.2, 0) is 5.41 Å². The number of hydrogen-bond donors (Lipinski definition) is 0. The van der Waals surface area contributed by atoms with E-state index in [2.05, 4.69) is 64.5 Å². The van der Waals surface area contributed by atoms with Crippen LogP contribution in [0.4, 0.5) is 11.4 Å². The van der Waals surface area contributed by atoms with Gasteiger partial charge in [0.05, 0.1) is 5.69 Å². The van der Waals surface area contributed by atoms with Crippen LogP contribution in [0.1, 0.15) is 34.6 Å². The second-order valence-corrected chi connectivity index (χ2v) is 8.99. The first-order valence-corrected chi connectivity index (χ1v) is 11.3. The number of piperidine rings is 1. The van der Waals surface area contributed by atoms with E-state index >= 15 is 0 Å². The molecule has 4 heterocycles. The second-order valence-electron chi connectivity index (χ2n) is 8.99. The van der Waals surface area contributed by atoms with Gasteiger partial charge in [-0.25, -0.2) is 4.98 Å². The zero-order valence-corrected chi connectivity index (χ0v) is 18.2. The van der Waals surface area contributed by atoms with Crippen LogP contribution in [0.25, 0.3) is 5.65 Å². The molecule has 4 aromatic rings. The van der Waals surface area contributed by atoms with Gasteiger partial charge in [0.15, 0.2) is 0 Å². The highest BCUT2D eigenvalue weighted by molar-refractivity contribution is 5.94. The number of benzene rings is 2. The maximum atomic E-state index is 13.5. The lowest BCUT2D eigenvalue weighted by atomic mass is 9.74. The topological polar surface area (TPSA) is 40.9 Å². The molecule has 2 aliphatic heterocycles. The van der Waals surface area contributed by atoms with Gasteiger partial charge in [-0.05, 0) is 55.7 Å². The van der Waals surface area contributed by atoms with Crippen LogP contribution in [0, 0.1) is 6.92 Å². The SMILES string of the molecule is Cc1nc2ccccn2c1C(=O)N1CCC2(CC1)CN(c1ccccc1)c1ccccc12. The number of imidazole rings is 1. The molecule has 5 heteroatoms. The fourth-order valence-corrected chi connectivity index (χ4v) is 5.56. The molecule has 32 heavy (non-hydrogen) atoms. The lowest BCUT2D eigenvalue weighted by Gasteiger charge is -2.40. The fraction of sp³-hybridized carbons (Fsp3) is 0.259. The molecular formula is C27H26N4O. The van der Waals surface area contributed by atoms with Crippen LogP contribution in [0.2, 0.25) is 0 Å². The summed E-state index contributed by atoms with van der Waals surface area (Å²) in [6, 6.07) is 25.3. The molecule has 1 fully saturated rings. The van der Waals surface area contributed by atoms with Gasteiger partial charge in [-0.3, -0.25) is 9.20 Å². The highest BCUT2D eigenvalue weighted by Crippen LogP contribution is 2.49. The van der Waals surface area contributed by atoms with Crippen molar-refractivity contribution in [2.75, 3.05) is 24.5 Å². The van der Waals surface area contributed by atoms with Crippen molar-refractivity contribution >= 4 is 22.9 Å². The smallest absolute Gasteiger partial charge is 0.272 e. The number of fused-ring (bicyclic) bond motifs is 3. The highest BCUT2D eigenvalue weighted by Gasteiger charge is 2.45. The Bertz CT molecular complexity index is 1300. The number of carbonyl (C=O) groups is 1. The van der Waals surface area contributed by atoms with E-state index in [4.69, 9.17) is 0 Å². The third-order valence-electron chi connectivity index (χ3n) is 7.21. The minimum absolute atomic E-state index is 0.0811. The van der Waals surface area contributed by atoms with E-state index in [9.17, 15) is 4.79 Å². The van der Waals surface area contributed by atoms with Gasteiger partial charge in [-0.2, -0.15) is 0 Å². The number of para-hydroxylation sites is 2. The van der Waals surface area contributed by atoms with Crippen LogP contribution >= 0.6 is 0 Å². The van der Waals surface area contributed by atoms with Gasteiger partial charge in [-0.1, -0.05) is 42.5 Å². The van der Waals surface area contributed by atoms with Crippen LogP contribution < -0.4 is 4.90 Å². The Hall–Kier alpha value is -3.60.